The fourth-order valence-electron chi connectivity index (χ4n) is 3.34. The quantitative estimate of drug-likeness (QED) is 0.847. The molecule has 1 aliphatic carbocycles. The van der Waals surface area contributed by atoms with Crippen LogP contribution >= 0.6 is 0 Å². The average molecular weight is 341 g/mol. The van der Waals surface area contributed by atoms with Crippen LogP contribution in [0.15, 0.2) is 48.5 Å². The molecule has 2 N–H and O–H groups in total. The normalized spacial score (nSPS) is 13.9. The van der Waals surface area contributed by atoms with Crippen molar-refractivity contribution in [3.63, 3.8) is 0 Å². The van der Waals surface area contributed by atoms with Gasteiger partial charge in [0.1, 0.15) is 6.61 Å². The second-order valence-corrected chi connectivity index (χ2v) is 6.35. The number of rotatable bonds is 6. The van der Waals surface area contributed by atoms with E-state index in [1.54, 1.807) is 7.05 Å². The minimum atomic E-state index is -0.754. The minimum absolute atomic E-state index is 0.0205. The molecule has 1 unspecified atom stereocenters. The van der Waals surface area contributed by atoms with Gasteiger partial charge in [-0.1, -0.05) is 48.5 Å². The smallest absolute Gasteiger partial charge is 0.409 e. The number of ether oxygens (including phenoxy) is 1. The van der Waals surface area contributed by atoms with E-state index in [-0.39, 0.29) is 32.1 Å². The summed E-state index contributed by atoms with van der Waals surface area (Å²) in [7, 11) is 1.58. The molecule has 2 aromatic rings. The van der Waals surface area contributed by atoms with E-state index in [2.05, 4.69) is 24.3 Å². The molecule has 1 aliphatic rings. The van der Waals surface area contributed by atoms with Crippen LogP contribution in [-0.2, 0) is 4.74 Å². The van der Waals surface area contributed by atoms with E-state index in [0.717, 1.165) is 0 Å². The van der Waals surface area contributed by atoms with E-state index < -0.39 is 12.2 Å². The zero-order chi connectivity index (χ0) is 17.8. The van der Waals surface area contributed by atoms with Crippen LogP contribution in [0.4, 0.5) is 4.79 Å². The van der Waals surface area contributed by atoms with Crippen molar-refractivity contribution in [1.29, 1.82) is 0 Å². The van der Waals surface area contributed by atoms with Crippen LogP contribution in [-0.4, -0.2) is 54.1 Å². The lowest BCUT2D eigenvalue weighted by atomic mass is 9.98. The standard InChI is InChI=1S/C20H23NO4/c1-21(12-14(23)10-11-22)20(24)25-13-19-17-8-4-2-6-15(17)16-7-3-5-9-18(16)19/h2-9,14,19,22-23H,10-13H2,1H3. The number of likely N-dealkylation sites (N-methyl/N-ethyl adjacent to an activating group) is 1. The van der Waals surface area contributed by atoms with Crippen molar-refractivity contribution in [3.8, 4) is 11.1 Å². The maximum Gasteiger partial charge on any atom is 0.409 e. The van der Waals surface area contributed by atoms with Gasteiger partial charge < -0.3 is 19.8 Å². The molecule has 132 valence electrons. The Morgan fingerprint density at radius 1 is 1.12 bits per heavy atom. The summed E-state index contributed by atoms with van der Waals surface area (Å²) in [6.45, 7) is 0.282. The molecule has 0 aromatic heterocycles. The van der Waals surface area contributed by atoms with Crippen LogP contribution in [0.3, 0.4) is 0 Å². The molecule has 0 aliphatic heterocycles. The van der Waals surface area contributed by atoms with E-state index in [1.165, 1.54) is 27.2 Å². The number of hydrogen-bond donors (Lipinski definition) is 2. The number of carbonyl (C=O) groups excluding carboxylic acids is 1. The molecule has 0 heterocycles. The SMILES string of the molecule is CN(CC(O)CCO)C(=O)OCC1c2ccccc2-c2ccccc21. The number of aliphatic hydroxyl groups excluding tert-OH is 2. The van der Waals surface area contributed by atoms with E-state index in [0.29, 0.717) is 0 Å². The van der Waals surface area contributed by atoms with Crippen LogP contribution in [0.2, 0.25) is 0 Å². The summed E-state index contributed by atoms with van der Waals surface area (Å²) in [5.74, 6) is 0.0205. The lowest BCUT2D eigenvalue weighted by Gasteiger charge is -2.21. The van der Waals surface area contributed by atoms with E-state index in [4.69, 9.17) is 9.84 Å². The maximum absolute atomic E-state index is 12.2. The van der Waals surface area contributed by atoms with Gasteiger partial charge in [-0.05, 0) is 28.7 Å². The van der Waals surface area contributed by atoms with Gasteiger partial charge >= 0.3 is 6.09 Å². The summed E-state index contributed by atoms with van der Waals surface area (Å²) in [6, 6.07) is 16.3. The molecular weight excluding hydrogens is 318 g/mol. The summed E-state index contributed by atoms with van der Waals surface area (Å²) >= 11 is 0. The average Bonchev–Trinajstić information content (AvgIpc) is 2.94. The second-order valence-electron chi connectivity index (χ2n) is 6.35. The first kappa shape index (κ1) is 17.5. The van der Waals surface area contributed by atoms with Gasteiger partial charge in [0.2, 0.25) is 0 Å². The Morgan fingerprint density at radius 2 is 1.68 bits per heavy atom. The van der Waals surface area contributed by atoms with E-state index >= 15 is 0 Å². The third-order valence-electron chi connectivity index (χ3n) is 4.59. The molecule has 25 heavy (non-hydrogen) atoms. The Labute approximate surface area is 147 Å². The van der Waals surface area contributed by atoms with Crippen molar-refractivity contribution >= 4 is 6.09 Å². The number of nitrogens with zero attached hydrogens (tertiary/aromatic N) is 1. The van der Waals surface area contributed by atoms with Gasteiger partial charge in [-0.2, -0.15) is 0 Å². The van der Waals surface area contributed by atoms with Crippen LogP contribution in [0.25, 0.3) is 11.1 Å². The highest BCUT2D eigenvalue weighted by Gasteiger charge is 2.29. The molecule has 1 atom stereocenters. The molecule has 5 nitrogen and oxygen atoms in total. The molecule has 3 rings (SSSR count). The Kier molecular flexibility index (Phi) is 5.36. The first-order valence-electron chi connectivity index (χ1n) is 8.47. The van der Waals surface area contributed by atoms with Gasteiger partial charge in [-0.3, -0.25) is 0 Å². The maximum atomic E-state index is 12.2. The first-order valence-corrected chi connectivity index (χ1v) is 8.47. The lowest BCUT2D eigenvalue weighted by Crippen LogP contribution is -2.35. The fourth-order valence-corrected chi connectivity index (χ4v) is 3.34. The third kappa shape index (κ3) is 3.67. The molecule has 0 radical (unpaired) electrons. The summed E-state index contributed by atoms with van der Waals surface area (Å²) < 4.78 is 5.49. The number of aliphatic hydroxyl groups is 2. The zero-order valence-electron chi connectivity index (χ0n) is 14.3. The van der Waals surface area contributed by atoms with Crippen LogP contribution < -0.4 is 0 Å². The summed E-state index contributed by atoms with van der Waals surface area (Å²) in [5, 5.41) is 18.5. The van der Waals surface area contributed by atoms with Crippen molar-refractivity contribution in [1.82, 2.24) is 4.90 Å². The molecule has 0 spiro atoms. The molecule has 0 fully saturated rings. The lowest BCUT2D eigenvalue weighted by molar-refractivity contribution is 0.0710. The molecule has 0 saturated carbocycles. The Bertz CT molecular complexity index is 700. The monoisotopic (exact) mass is 341 g/mol. The first-order chi connectivity index (χ1) is 12.1. The van der Waals surface area contributed by atoms with E-state index in [9.17, 15) is 9.90 Å². The van der Waals surface area contributed by atoms with Crippen molar-refractivity contribution < 1.29 is 19.7 Å². The number of amides is 1. The Morgan fingerprint density at radius 3 is 2.24 bits per heavy atom. The number of carbonyl (C=O) groups is 1. The highest BCUT2D eigenvalue weighted by Crippen LogP contribution is 2.44. The molecule has 0 bridgehead atoms. The van der Waals surface area contributed by atoms with Crippen LogP contribution in [0, 0.1) is 0 Å². The Hall–Kier alpha value is -2.37. The number of fused-ring (bicyclic) bond motifs is 3. The highest BCUT2D eigenvalue weighted by atomic mass is 16.6. The zero-order valence-corrected chi connectivity index (χ0v) is 14.3. The summed E-state index contributed by atoms with van der Waals surface area (Å²) in [6.07, 6.45) is -0.990. The van der Waals surface area contributed by atoms with Gasteiger partial charge in [0.05, 0.1) is 6.10 Å². The van der Waals surface area contributed by atoms with Crippen molar-refractivity contribution in [3.05, 3.63) is 59.7 Å². The third-order valence-corrected chi connectivity index (χ3v) is 4.59. The van der Waals surface area contributed by atoms with Gasteiger partial charge in [-0.15, -0.1) is 0 Å². The van der Waals surface area contributed by atoms with Crippen molar-refractivity contribution in [2.75, 3.05) is 26.8 Å². The number of benzene rings is 2. The van der Waals surface area contributed by atoms with E-state index in [1.807, 2.05) is 24.3 Å². The molecule has 2 aromatic carbocycles. The molecule has 5 heteroatoms. The molecule has 1 amide bonds. The largest absolute Gasteiger partial charge is 0.448 e. The molecule has 0 saturated heterocycles. The van der Waals surface area contributed by atoms with Crippen molar-refractivity contribution in [2.24, 2.45) is 0 Å². The topological polar surface area (TPSA) is 70.0 Å². The summed E-state index contributed by atoms with van der Waals surface area (Å²) in [4.78, 5) is 13.5. The van der Waals surface area contributed by atoms with Gasteiger partial charge in [0, 0.05) is 26.1 Å². The predicted octanol–water partition coefficient (Wildman–Crippen LogP) is 2.61. The number of hydrogen-bond acceptors (Lipinski definition) is 4. The second kappa shape index (κ2) is 7.68. The minimum Gasteiger partial charge on any atom is -0.448 e. The Balaban J connectivity index is 1.68. The molecular formula is C20H23NO4. The van der Waals surface area contributed by atoms with Crippen molar-refractivity contribution in [2.45, 2.75) is 18.4 Å². The van der Waals surface area contributed by atoms with Crippen LogP contribution in [0.5, 0.6) is 0 Å². The van der Waals surface area contributed by atoms with Gasteiger partial charge in [0.15, 0.2) is 0 Å². The highest BCUT2D eigenvalue weighted by molar-refractivity contribution is 5.79. The fraction of sp³-hybridized carbons (Fsp3) is 0.350. The predicted molar refractivity (Wildman–Crippen MR) is 95.4 cm³/mol. The van der Waals surface area contributed by atoms with Gasteiger partial charge in [0.25, 0.3) is 0 Å². The van der Waals surface area contributed by atoms with Gasteiger partial charge in [-0.25, -0.2) is 4.79 Å². The summed E-state index contributed by atoms with van der Waals surface area (Å²) in [5.41, 5.74) is 4.70. The van der Waals surface area contributed by atoms with Crippen LogP contribution in [0.1, 0.15) is 23.5 Å².